The summed E-state index contributed by atoms with van der Waals surface area (Å²) >= 11 is 0. The summed E-state index contributed by atoms with van der Waals surface area (Å²) in [5.41, 5.74) is 1.26. The van der Waals surface area contributed by atoms with E-state index in [-0.39, 0.29) is 23.3 Å². The van der Waals surface area contributed by atoms with E-state index < -0.39 is 11.9 Å². The second-order valence-electron chi connectivity index (χ2n) is 6.19. The summed E-state index contributed by atoms with van der Waals surface area (Å²) in [6.07, 6.45) is 0.523. The molecule has 0 fully saturated rings. The van der Waals surface area contributed by atoms with Crippen LogP contribution in [-0.4, -0.2) is 29.9 Å². The summed E-state index contributed by atoms with van der Waals surface area (Å²) in [7, 11) is 1.53. The highest BCUT2D eigenvalue weighted by molar-refractivity contribution is 5.96. The van der Waals surface area contributed by atoms with Crippen LogP contribution in [0.1, 0.15) is 30.8 Å². The number of likely N-dealkylation sites (N-methyl/N-ethyl adjacent to an activating group) is 1. The zero-order valence-corrected chi connectivity index (χ0v) is 14.5. The van der Waals surface area contributed by atoms with Crippen molar-refractivity contribution in [2.75, 3.05) is 7.05 Å². The van der Waals surface area contributed by atoms with Crippen LogP contribution in [0.3, 0.4) is 0 Å². The molecule has 132 valence electrons. The van der Waals surface area contributed by atoms with Crippen molar-refractivity contribution in [2.24, 2.45) is 5.92 Å². The molecule has 0 aliphatic heterocycles. The average Bonchev–Trinajstić information content (AvgIpc) is 2.60. The van der Waals surface area contributed by atoms with Crippen LogP contribution in [-0.2, 0) is 4.79 Å². The van der Waals surface area contributed by atoms with E-state index in [9.17, 15) is 14.0 Å². The number of carbonyl (C=O) groups excluding carboxylic acids is 2. The predicted molar refractivity (Wildman–Crippen MR) is 94.4 cm³/mol. The molecule has 0 saturated heterocycles. The molecule has 1 unspecified atom stereocenters. The molecule has 1 aromatic heterocycles. The van der Waals surface area contributed by atoms with E-state index in [0.29, 0.717) is 17.7 Å². The minimum Gasteiger partial charge on any atom is -0.357 e. The molecule has 2 amide bonds. The Balaban J connectivity index is 2.21. The van der Waals surface area contributed by atoms with Crippen LogP contribution in [0.4, 0.5) is 4.39 Å². The zero-order valence-electron chi connectivity index (χ0n) is 14.5. The zero-order chi connectivity index (χ0) is 18.4. The maximum absolute atomic E-state index is 13.4. The van der Waals surface area contributed by atoms with Crippen LogP contribution in [0.25, 0.3) is 11.3 Å². The van der Waals surface area contributed by atoms with E-state index in [1.54, 1.807) is 30.3 Å². The van der Waals surface area contributed by atoms with Gasteiger partial charge in [0.25, 0.3) is 5.91 Å². The smallest absolute Gasteiger partial charge is 0.270 e. The topological polar surface area (TPSA) is 71.1 Å². The Kier molecular flexibility index (Phi) is 6.22. The molecular weight excluding hydrogens is 321 g/mol. The van der Waals surface area contributed by atoms with Gasteiger partial charge in [-0.25, -0.2) is 9.37 Å². The van der Waals surface area contributed by atoms with E-state index in [2.05, 4.69) is 15.6 Å². The largest absolute Gasteiger partial charge is 0.357 e. The third-order valence-corrected chi connectivity index (χ3v) is 3.68. The monoisotopic (exact) mass is 343 g/mol. The van der Waals surface area contributed by atoms with E-state index in [1.165, 1.54) is 19.2 Å². The lowest BCUT2D eigenvalue weighted by Gasteiger charge is -2.19. The number of nitrogens with zero attached hydrogens (tertiary/aromatic N) is 1. The first-order valence-corrected chi connectivity index (χ1v) is 8.16. The molecule has 1 atom stereocenters. The minimum absolute atomic E-state index is 0.180. The van der Waals surface area contributed by atoms with Crippen molar-refractivity contribution in [1.82, 2.24) is 15.6 Å². The lowest BCUT2D eigenvalue weighted by molar-refractivity contribution is -0.122. The van der Waals surface area contributed by atoms with Gasteiger partial charge in [-0.2, -0.15) is 0 Å². The third kappa shape index (κ3) is 5.11. The van der Waals surface area contributed by atoms with Gasteiger partial charge in [-0.15, -0.1) is 0 Å². The number of hydrogen-bond donors (Lipinski definition) is 2. The van der Waals surface area contributed by atoms with Gasteiger partial charge in [-0.3, -0.25) is 9.59 Å². The number of carbonyl (C=O) groups is 2. The standard InChI is InChI=1S/C19H22FN3O2/c1-12(2)10-17(18(24)21-3)23-19(25)16-9-5-8-15(22-16)13-6-4-7-14(20)11-13/h4-9,11-12,17H,10H2,1-3H3,(H,21,24)(H,23,25). The molecular formula is C19H22FN3O2. The molecule has 0 radical (unpaired) electrons. The van der Waals surface area contributed by atoms with Gasteiger partial charge >= 0.3 is 0 Å². The van der Waals surface area contributed by atoms with E-state index in [0.717, 1.165) is 0 Å². The molecule has 25 heavy (non-hydrogen) atoms. The highest BCUT2D eigenvalue weighted by atomic mass is 19.1. The SMILES string of the molecule is CNC(=O)C(CC(C)C)NC(=O)c1cccc(-c2cccc(F)c2)n1. The Morgan fingerprint density at radius 3 is 2.52 bits per heavy atom. The summed E-state index contributed by atoms with van der Waals surface area (Å²) in [6, 6.07) is 10.3. The van der Waals surface area contributed by atoms with Crippen molar-refractivity contribution >= 4 is 11.8 Å². The maximum atomic E-state index is 13.4. The number of aromatic nitrogens is 1. The summed E-state index contributed by atoms with van der Waals surface area (Å²) < 4.78 is 13.4. The summed E-state index contributed by atoms with van der Waals surface area (Å²) in [4.78, 5) is 28.7. The van der Waals surface area contributed by atoms with Gasteiger partial charge in [0.2, 0.25) is 5.91 Å². The van der Waals surface area contributed by atoms with Gasteiger partial charge in [-0.1, -0.05) is 32.0 Å². The van der Waals surface area contributed by atoms with Crippen LogP contribution >= 0.6 is 0 Å². The molecule has 0 aliphatic rings. The van der Waals surface area contributed by atoms with Gasteiger partial charge in [0.05, 0.1) is 5.69 Å². The molecule has 2 aromatic rings. The number of hydrogen-bond acceptors (Lipinski definition) is 3. The first-order valence-electron chi connectivity index (χ1n) is 8.16. The minimum atomic E-state index is -0.628. The van der Waals surface area contributed by atoms with Crippen LogP contribution in [0, 0.1) is 11.7 Å². The predicted octanol–water partition coefficient (Wildman–Crippen LogP) is 2.78. The van der Waals surface area contributed by atoms with E-state index >= 15 is 0 Å². The highest BCUT2D eigenvalue weighted by Gasteiger charge is 2.22. The van der Waals surface area contributed by atoms with Crippen LogP contribution in [0.5, 0.6) is 0 Å². The number of halogens is 1. The van der Waals surface area contributed by atoms with Gasteiger partial charge < -0.3 is 10.6 Å². The molecule has 1 aromatic carbocycles. The fourth-order valence-electron chi connectivity index (χ4n) is 2.48. The summed E-state index contributed by atoms with van der Waals surface area (Å²) in [5, 5.41) is 5.27. The van der Waals surface area contributed by atoms with Crippen LogP contribution in [0.2, 0.25) is 0 Å². The van der Waals surface area contributed by atoms with Gasteiger partial charge in [0, 0.05) is 12.6 Å². The first kappa shape index (κ1) is 18.6. The Labute approximate surface area is 146 Å². The molecule has 0 bridgehead atoms. The second kappa shape index (κ2) is 8.37. The van der Waals surface area contributed by atoms with Gasteiger partial charge in [-0.05, 0) is 36.6 Å². The second-order valence-corrected chi connectivity index (χ2v) is 6.19. The molecule has 0 spiro atoms. The number of rotatable bonds is 6. The Bertz CT molecular complexity index is 762. The highest BCUT2D eigenvalue weighted by Crippen LogP contribution is 2.18. The van der Waals surface area contributed by atoms with Gasteiger partial charge in [0.1, 0.15) is 17.6 Å². The van der Waals surface area contributed by atoms with Crippen LogP contribution < -0.4 is 10.6 Å². The van der Waals surface area contributed by atoms with E-state index in [4.69, 9.17) is 0 Å². The van der Waals surface area contributed by atoms with Crippen molar-refractivity contribution in [1.29, 1.82) is 0 Å². The molecule has 2 N–H and O–H groups in total. The summed E-state index contributed by atoms with van der Waals surface area (Å²) in [5.74, 6) is -0.809. The fraction of sp³-hybridized carbons (Fsp3) is 0.316. The van der Waals surface area contributed by atoms with Crippen molar-refractivity contribution in [2.45, 2.75) is 26.3 Å². The molecule has 0 aliphatic carbocycles. The Morgan fingerprint density at radius 2 is 1.88 bits per heavy atom. The number of nitrogens with one attached hydrogen (secondary N) is 2. The van der Waals surface area contributed by atoms with Crippen molar-refractivity contribution in [3.05, 3.63) is 54.0 Å². The van der Waals surface area contributed by atoms with Crippen LogP contribution in [0.15, 0.2) is 42.5 Å². The Hall–Kier alpha value is -2.76. The summed E-state index contributed by atoms with van der Waals surface area (Å²) in [6.45, 7) is 3.95. The molecule has 5 nitrogen and oxygen atoms in total. The molecule has 6 heteroatoms. The normalized spacial score (nSPS) is 11.9. The Morgan fingerprint density at radius 1 is 1.16 bits per heavy atom. The number of amides is 2. The molecule has 1 heterocycles. The lowest BCUT2D eigenvalue weighted by atomic mass is 10.0. The number of benzene rings is 1. The van der Waals surface area contributed by atoms with Crippen molar-refractivity contribution in [3.63, 3.8) is 0 Å². The third-order valence-electron chi connectivity index (χ3n) is 3.68. The molecule has 2 rings (SSSR count). The number of pyridine rings is 1. The fourth-order valence-corrected chi connectivity index (χ4v) is 2.48. The average molecular weight is 343 g/mol. The molecule has 0 saturated carbocycles. The van der Waals surface area contributed by atoms with Gasteiger partial charge in [0.15, 0.2) is 0 Å². The van der Waals surface area contributed by atoms with Crippen molar-refractivity contribution < 1.29 is 14.0 Å². The first-order chi connectivity index (χ1) is 11.9. The quantitative estimate of drug-likeness (QED) is 0.847. The maximum Gasteiger partial charge on any atom is 0.270 e. The van der Waals surface area contributed by atoms with E-state index in [1.807, 2.05) is 13.8 Å². The van der Waals surface area contributed by atoms with Crippen molar-refractivity contribution in [3.8, 4) is 11.3 Å². The lowest BCUT2D eigenvalue weighted by Crippen LogP contribution is -2.46.